The van der Waals surface area contributed by atoms with E-state index in [1.807, 2.05) is 12.1 Å². The molecule has 6 heteroatoms. The molecule has 0 radical (unpaired) electrons. The second kappa shape index (κ2) is 8.04. The number of hydrogen-bond acceptors (Lipinski definition) is 5. The van der Waals surface area contributed by atoms with Gasteiger partial charge < -0.3 is 24.3 Å². The summed E-state index contributed by atoms with van der Waals surface area (Å²) in [5.41, 5.74) is 1.17. The summed E-state index contributed by atoms with van der Waals surface area (Å²) in [6, 6.07) is 6.15. The predicted molar refractivity (Wildman–Crippen MR) is 114 cm³/mol. The number of ether oxygens (including phenoxy) is 4. The quantitative estimate of drug-likeness (QED) is 0.732. The highest BCUT2D eigenvalue weighted by atomic mass is 16.5. The maximum atomic E-state index is 12.7. The number of fused-ring (bicyclic) bond motifs is 1. The molecule has 2 saturated carbocycles. The van der Waals surface area contributed by atoms with Crippen molar-refractivity contribution >= 4 is 5.91 Å². The van der Waals surface area contributed by atoms with E-state index in [0.29, 0.717) is 31.5 Å². The molecule has 30 heavy (non-hydrogen) atoms. The van der Waals surface area contributed by atoms with Crippen LogP contribution >= 0.6 is 0 Å². The fraction of sp³-hybridized carbons (Fsp3) is 0.708. The summed E-state index contributed by atoms with van der Waals surface area (Å²) >= 11 is 0. The summed E-state index contributed by atoms with van der Waals surface area (Å²) in [6.07, 6.45) is 3.59. The summed E-state index contributed by atoms with van der Waals surface area (Å²) < 4.78 is 22.8. The van der Waals surface area contributed by atoms with Crippen molar-refractivity contribution in [3.63, 3.8) is 0 Å². The molecule has 1 aromatic rings. The van der Waals surface area contributed by atoms with Crippen molar-refractivity contribution in [2.45, 2.75) is 51.7 Å². The van der Waals surface area contributed by atoms with E-state index in [2.05, 4.69) is 25.2 Å². The lowest BCUT2D eigenvalue weighted by atomic mass is 9.58. The van der Waals surface area contributed by atoms with Crippen molar-refractivity contribution in [1.82, 2.24) is 5.32 Å². The van der Waals surface area contributed by atoms with E-state index < -0.39 is 0 Å². The Morgan fingerprint density at radius 1 is 1.23 bits per heavy atom. The second-order valence-electron chi connectivity index (χ2n) is 9.67. The Morgan fingerprint density at radius 3 is 2.73 bits per heavy atom. The predicted octanol–water partition coefficient (Wildman–Crippen LogP) is 3.74. The fourth-order valence-electron chi connectivity index (χ4n) is 6.66. The van der Waals surface area contributed by atoms with E-state index in [9.17, 15) is 4.79 Å². The molecule has 1 spiro atoms. The van der Waals surface area contributed by atoms with Crippen LogP contribution in [0.1, 0.15) is 51.2 Å². The molecule has 3 aliphatic rings. The molecular formula is C24H35NO5. The van der Waals surface area contributed by atoms with Crippen LogP contribution in [0.15, 0.2) is 18.2 Å². The molecule has 1 saturated heterocycles. The smallest absolute Gasteiger partial charge is 0.222 e. The topological polar surface area (TPSA) is 66.0 Å². The number of rotatable bonds is 7. The normalized spacial score (nSPS) is 33.8. The van der Waals surface area contributed by atoms with Gasteiger partial charge in [0.05, 0.1) is 26.9 Å². The lowest BCUT2D eigenvalue weighted by Gasteiger charge is -2.53. The van der Waals surface area contributed by atoms with E-state index in [4.69, 9.17) is 18.9 Å². The first-order valence-electron chi connectivity index (χ1n) is 11.0. The second-order valence-corrected chi connectivity index (χ2v) is 9.67. The Labute approximate surface area is 179 Å². The molecule has 6 nitrogen and oxygen atoms in total. The molecule has 2 aliphatic carbocycles. The molecule has 3 fully saturated rings. The van der Waals surface area contributed by atoms with Gasteiger partial charge in [-0.25, -0.2) is 0 Å². The van der Waals surface area contributed by atoms with Crippen LogP contribution in [-0.4, -0.2) is 46.5 Å². The Bertz CT molecular complexity index is 794. The standard InChI is InChI=1S/C24H35NO5/c1-23(2)15-13-17-20(16-7-6-8-18(28-4)21(16)29-5)30-12-10-24(17,14-15)22(23)25-19(26)9-11-27-3/h6-8,15,17,20,22H,9-14H2,1-5H3,(H,25,26)/t15-,17-,20-,22+,24?/m1/s1. The molecule has 2 bridgehead atoms. The SMILES string of the molecule is COCCC(=O)N[C@H]1C(C)(C)[C@@H]2C[C@@H]3[C@@H](c4cccc(OC)c4OC)OCCC31C2. The summed E-state index contributed by atoms with van der Waals surface area (Å²) in [6.45, 7) is 5.78. The van der Waals surface area contributed by atoms with Crippen LogP contribution in [0.4, 0.5) is 0 Å². The van der Waals surface area contributed by atoms with Gasteiger partial charge >= 0.3 is 0 Å². The maximum absolute atomic E-state index is 12.7. The van der Waals surface area contributed by atoms with Gasteiger partial charge in [-0.3, -0.25) is 4.79 Å². The highest BCUT2D eigenvalue weighted by Gasteiger charge is 2.68. The number of nitrogens with one attached hydrogen (secondary N) is 1. The van der Waals surface area contributed by atoms with Crippen molar-refractivity contribution in [3.05, 3.63) is 23.8 Å². The first kappa shape index (κ1) is 21.4. The van der Waals surface area contributed by atoms with Crippen LogP contribution in [0.5, 0.6) is 11.5 Å². The number of para-hydroxylation sites is 1. The highest BCUT2D eigenvalue weighted by Crippen LogP contribution is 2.71. The Morgan fingerprint density at radius 2 is 2.03 bits per heavy atom. The van der Waals surface area contributed by atoms with Crippen LogP contribution < -0.4 is 14.8 Å². The molecular weight excluding hydrogens is 382 g/mol. The molecule has 4 rings (SSSR count). The van der Waals surface area contributed by atoms with Gasteiger partial charge in [-0.1, -0.05) is 26.0 Å². The van der Waals surface area contributed by atoms with E-state index in [0.717, 1.165) is 36.3 Å². The average molecular weight is 418 g/mol. The highest BCUT2D eigenvalue weighted by molar-refractivity contribution is 5.76. The molecule has 1 heterocycles. The Balaban J connectivity index is 1.67. The summed E-state index contributed by atoms with van der Waals surface area (Å²) in [5.74, 6) is 2.47. The van der Waals surface area contributed by atoms with Gasteiger partial charge in [0.1, 0.15) is 0 Å². The van der Waals surface area contributed by atoms with E-state index in [-0.39, 0.29) is 28.9 Å². The Kier molecular flexibility index (Phi) is 5.75. The van der Waals surface area contributed by atoms with Crippen LogP contribution in [0.25, 0.3) is 0 Å². The molecule has 1 aliphatic heterocycles. The largest absolute Gasteiger partial charge is 0.493 e. The number of methoxy groups -OCH3 is 3. The fourth-order valence-corrected chi connectivity index (χ4v) is 6.66. The third kappa shape index (κ3) is 3.19. The summed E-state index contributed by atoms with van der Waals surface area (Å²) in [5, 5.41) is 3.42. The Hall–Kier alpha value is -1.79. The number of carbonyl (C=O) groups excluding carboxylic acids is 1. The molecule has 0 aromatic heterocycles. The minimum atomic E-state index is -0.0525. The van der Waals surface area contributed by atoms with Crippen molar-refractivity contribution in [1.29, 1.82) is 0 Å². The third-order valence-corrected chi connectivity index (χ3v) is 8.08. The van der Waals surface area contributed by atoms with Gasteiger partial charge in [-0.05, 0) is 48.0 Å². The number of benzene rings is 1. The van der Waals surface area contributed by atoms with Gasteiger partial charge in [0.15, 0.2) is 11.5 Å². The van der Waals surface area contributed by atoms with Crippen molar-refractivity contribution in [2.24, 2.45) is 22.7 Å². The number of amides is 1. The van der Waals surface area contributed by atoms with Crippen LogP contribution in [0, 0.1) is 22.7 Å². The third-order valence-electron chi connectivity index (χ3n) is 8.08. The molecule has 1 N–H and O–H groups in total. The number of carbonyl (C=O) groups is 1. The zero-order valence-corrected chi connectivity index (χ0v) is 18.8. The summed E-state index contributed by atoms with van der Waals surface area (Å²) in [4.78, 5) is 12.7. The molecule has 1 unspecified atom stereocenters. The van der Waals surface area contributed by atoms with Gasteiger partial charge in [0, 0.05) is 31.7 Å². The van der Waals surface area contributed by atoms with Crippen LogP contribution in [-0.2, 0) is 14.3 Å². The maximum Gasteiger partial charge on any atom is 0.222 e. The van der Waals surface area contributed by atoms with Crippen molar-refractivity contribution in [2.75, 3.05) is 34.5 Å². The van der Waals surface area contributed by atoms with Crippen molar-refractivity contribution in [3.8, 4) is 11.5 Å². The monoisotopic (exact) mass is 417 g/mol. The molecule has 1 amide bonds. The zero-order valence-electron chi connectivity index (χ0n) is 18.8. The zero-order chi connectivity index (χ0) is 21.5. The van der Waals surface area contributed by atoms with Gasteiger partial charge in [-0.15, -0.1) is 0 Å². The average Bonchev–Trinajstić information content (AvgIpc) is 3.24. The lowest BCUT2D eigenvalue weighted by molar-refractivity contribution is -0.138. The molecule has 1 aromatic carbocycles. The minimum absolute atomic E-state index is 0.0495. The van der Waals surface area contributed by atoms with E-state index in [1.54, 1.807) is 21.3 Å². The van der Waals surface area contributed by atoms with E-state index in [1.165, 1.54) is 0 Å². The molecule has 166 valence electrons. The first-order chi connectivity index (χ1) is 14.4. The summed E-state index contributed by atoms with van der Waals surface area (Å²) in [7, 11) is 4.98. The van der Waals surface area contributed by atoms with E-state index >= 15 is 0 Å². The molecule has 5 atom stereocenters. The number of hydrogen-bond donors (Lipinski definition) is 1. The van der Waals surface area contributed by atoms with Gasteiger partial charge in [-0.2, -0.15) is 0 Å². The van der Waals surface area contributed by atoms with Gasteiger partial charge in [0.2, 0.25) is 5.91 Å². The minimum Gasteiger partial charge on any atom is -0.493 e. The van der Waals surface area contributed by atoms with Crippen molar-refractivity contribution < 1.29 is 23.7 Å². The van der Waals surface area contributed by atoms with Crippen LogP contribution in [0.3, 0.4) is 0 Å². The van der Waals surface area contributed by atoms with Gasteiger partial charge in [0.25, 0.3) is 0 Å². The van der Waals surface area contributed by atoms with Crippen LogP contribution in [0.2, 0.25) is 0 Å². The lowest BCUT2D eigenvalue weighted by Crippen LogP contribution is -2.59. The first-order valence-corrected chi connectivity index (χ1v) is 11.0.